The Labute approximate surface area is 123 Å². The van der Waals surface area contributed by atoms with E-state index in [0.29, 0.717) is 11.0 Å². The molecule has 21 heavy (non-hydrogen) atoms. The molecular weight excluding hydrogens is 266 g/mol. The molecule has 1 saturated heterocycles. The standard InChI is InChI=1S/C17H19NO3/c19-14-12-16(21-15-9-5-4-8-13(14)15)17(20)18-10-6-2-1-3-7-11-18/h4-5,8-9,12H,1-3,6-7,10-11H2. The van der Waals surface area contributed by atoms with Crippen LogP contribution in [0.1, 0.15) is 42.7 Å². The smallest absolute Gasteiger partial charge is 0.289 e. The van der Waals surface area contributed by atoms with Gasteiger partial charge in [-0.15, -0.1) is 0 Å². The monoisotopic (exact) mass is 285 g/mol. The Morgan fingerprint density at radius 1 is 1.00 bits per heavy atom. The molecule has 110 valence electrons. The highest BCUT2D eigenvalue weighted by molar-refractivity contribution is 5.93. The lowest BCUT2D eigenvalue weighted by molar-refractivity contribution is 0.0711. The first kappa shape index (κ1) is 13.9. The van der Waals surface area contributed by atoms with Gasteiger partial charge in [-0.3, -0.25) is 9.59 Å². The molecule has 0 radical (unpaired) electrons. The van der Waals surface area contributed by atoms with E-state index in [4.69, 9.17) is 4.42 Å². The molecular formula is C17H19NO3. The quantitative estimate of drug-likeness (QED) is 0.808. The molecule has 0 bridgehead atoms. The SMILES string of the molecule is O=C(c1cc(=O)c2ccccc2o1)N1CCCCCCC1. The molecule has 0 N–H and O–H groups in total. The van der Waals surface area contributed by atoms with Crippen molar-refractivity contribution >= 4 is 16.9 Å². The molecule has 1 fully saturated rings. The van der Waals surface area contributed by atoms with Crippen molar-refractivity contribution < 1.29 is 9.21 Å². The van der Waals surface area contributed by atoms with Gasteiger partial charge in [0.05, 0.1) is 5.39 Å². The summed E-state index contributed by atoms with van der Waals surface area (Å²) in [5, 5.41) is 0.515. The van der Waals surface area contributed by atoms with Crippen molar-refractivity contribution in [3.05, 3.63) is 46.3 Å². The molecule has 3 rings (SSSR count). The van der Waals surface area contributed by atoms with Crippen LogP contribution >= 0.6 is 0 Å². The molecule has 0 spiro atoms. The lowest BCUT2D eigenvalue weighted by atomic mass is 10.1. The molecule has 1 amide bonds. The first-order chi connectivity index (χ1) is 10.3. The van der Waals surface area contributed by atoms with Crippen LogP contribution in [0.3, 0.4) is 0 Å². The van der Waals surface area contributed by atoms with Gasteiger partial charge in [-0.1, -0.05) is 31.4 Å². The third-order valence-electron chi connectivity index (χ3n) is 3.99. The molecule has 0 unspecified atom stereocenters. The van der Waals surface area contributed by atoms with E-state index in [2.05, 4.69) is 0 Å². The van der Waals surface area contributed by atoms with Crippen molar-refractivity contribution in [1.82, 2.24) is 4.90 Å². The van der Waals surface area contributed by atoms with Gasteiger partial charge >= 0.3 is 0 Å². The summed E-state index contributed by atoms with van der Waals surface area (Å²) >= 11 is 0. The number of carbonyl (C=O) groups excluding carboxylic acids is 1. The lowest BCUT2D eigenvalue weighted by Crippen LogP contribution is -2.34. The van der Waals surface area contributed by atoms with Crippen LogP contribution in [-0.4, -0.2) is 23.9 Å². The fourth-order valence-electron chi connectivity index (χ4n) is 2.82. The average molecular weight is 285 g/mol. The summed E-state index contributed by atoms with van der Waals surface area (Å²) in [5.74, 6) is -0.0148. The number of fused-ring (bicyclic) bond motifs is 1. The van der Waals surface area contributed by atoms with Crippen LogP contribution in [-0.2, 0) is 0 Å². The zero-order valence-electron chi connectivity index (χ0n) is 12.0. The number of amides is 1. The van der Waals surface area contributed by atoms with E-state index in [1.807, 2.05) is 4.90 Å². The molecule has 0 atom stereocenters. The van der Waals surface area contributed by atoms with E-state index >= 15 is 0 Å². The topological polar surface area (TPSA) is 50.5 Å². The van der Waals surface area contributed by atoms with Crippen molar-refractivity contribution in [3.63, 3.8) is 0 Å². The molecule has 0 aliphatic carbocycles. The summed E-state index contributed by atoms with van der Waals surface area (Å²) in [7, 11) is 0. The summed E-state index contributed by atoms with van der Waals surface area (Å²) in [6, 6.07) is 8.35. The third-order valence-corrected chi connectivity index (χ3v) is 3.99. The zero-order chi connectivity index (χ0) is 14.7. The molecule has 1 aliphatic heterocycles. The summed E-state index contributed by atoms with van der Waals surface area (Å²) in [6.07, 6.45) is 5.59. The van der Waals surface area contributed by atoms with Gasteiger partial charge in [-0.2, -0.15) is 0 Å². The van der Waals surface area contributed by atoms with Gasteiger partial charge in [0, 0.05) is 19.2 Å². The van der Waals surface area contributed by atoms with E-state index in [1.165, 1.54) is 12.5 Å². The number of para-hydroxylation sites is 1. The van der Waals surface area contributed by atoms with E-state index in [0.717, 1.165) is 38.8 Å². The van der Waals surface area contributed by atoms with Crippen LogP contribution in [0.4, 0.5) is 0 Å². The van der Waals surface area contributed by atoms with Crippen LogP contribution in [0.2, 0.25) is 0 Å². The van der Waals surface area contributed by atoms with Gasteiger partial charge in [-0.25, -0.2) is 0 Å². The van der Waals surface area contributed by atoms with Crippen LogP contribution < -0.4 is 5.43 Å². The average Bonchev–Trinajstić information content (AvgIpc) is 2.46. The number of rotatable bonds is 1. The van der Waals surface area contributed by atoms with Gasteiger partial charge in [0.1, 0.15) is 5.58 Å². The fourth-order valence-corrected chi connectivity index (χ4v) is 2.82. The minimum Gasteiger partial charge on any atom is -0.451 e. The van der Waals surface area contributed by atoms with E-state index in [-0.39, 0.29) is 17.1 Å². The maximum Gasteiger partial charge on any atom is 0.289 e. The first-order valence-corrected chi connectivity index (χ1v) is 7.58. The van der Waals surface area contributed by atoms with Gasteiger partial charge < -0.3 is 9.32 Å². The van der Waals surface area contributed by atoms with Crippen LogP contribution in [0, 0.1) is 0 Å². The number of likely N-dealkylation sites (tertiary alicyclic amines) is 1. The summed E-state index contributed by atoms with van der Waals surface area (Å²) < 4.78 is 5.64. The van der Waals surface area contributed by atoms with Gasteiger partial charge in [0.2, 0.25) is 0 Å². The number of carbonyl (C=O) groups is 1. The minimum absolute atomic E-state index is 0.152. The Bertz CT molecular complexity index is 696. The van der Waals surface area contributed by atoms with Gasteiger partial charge in [-0.05, 0) is 25.0 Å². The predicted molar refractivity (Wildman–Crippen MR) is 81.5 cm³/mol. The number of hydrogen-bond donors (Lipinski definition) is 0. The Hall–Kier alpha value is -2.10. The number of hydrogen-bond acceptors (Lipinski definition) is 3. The Kier molecular flexibility index (Phi) is 4.04. The third kappa shape index (κ3) is 2.99. The number of benzene rings is 1. The minimum atomic E-state index is -0.167. The highest BCUT2D eigenvalue weighted by Crippen LogP contribution is 2.16. The zero-order valence-corrected chi connectivity index (χ0v) is 12.0. The second kappa shape index (κ2) is 6.12. The highest BCUT2D eigenvalue weighted by atomic mass is 16.3. The summed E-state index contributed by atoms with van der Waals surface area (Å²) in [4.78, 5) is 26.4. The second-order valence-electron chi connectivity index (χ2n) is 5.53. The highest BCUT2D eigenvalue weighted by Gasteiger charge is 2.20. The second-order valence-corrected chi connectivity index (χ2v) is 5.53. The molecule has 2 aromatic rings. The molecule has 0 saturated carbocycles. The van der Waals surface area contributed by atoms with Crippen molar-refractivity contribution in [1.29, 1.82) is 0 Å². The van der Waals surface area contributed by atoms with Crippen LogP contribution in [0.25, 0.3) is 11.0 Å². The van der Waals surface area contributed by atoms with Crippen LogP contribution in [0.15, 0.2) is 39.5 Å². The fraction of sp³-hybridized carbons (Fsp3) is 0.412. The maximum atomic E-state index is 12.6. The van der Waals surface area contributed by atoms with Crippen molar-refractivity contribution in [2.24, 2.45) is 0 Å². The summed E-state index contributed by atoms with van der Waals surface area (Å²) in [5.41, 5.74) is 0.313. The van der Waals surface area contributed by atoms with Gasteiger partial charge in [0.25, 0.3) is 5.91 Å². The Morgan fingerprint density at radius 2 is 1.67 bits per heavy atom. The van der Waals surface area contributed by atoms with E-state index in [1.54, 1.807) is 24.3 Å². The van der Waals surface area contributed by atoms with Crippen molar-refractivity contribution in [2.75, 3.05) is 13.1 Å². The van der Waals surface area contributed by atoms with Crippen molar-refractivity contribution in [3.8, 4) is 0 Å². The van der Waals surface area contributed by atoms with Gasteiger partial charge in [0.15, 0.2) is 11.2 Å². The molecule has 4 nitrogen and oxygen atoms in total. The lowest BCUT2D eigenvalue weighted by Gasteiger charge is -2.24. The summed E-state index contributed by atoms with van der Waals surface area (Å²) in [6.45, 7) is 1.49. The predicted octanol–water partition coefficient (Wildman–Crippen LogP) is 3.20. The molecule has 2 heterocycles. The Morgan fingerprint density at radius 3 is 2.43 bits per heavy atom. The maximum absolute atomic E-state index is 12.6. The molecule has 1 aromatic carbocycles. The van der Waals surface area contributed by atoms with E-state index < -0.39 is 0 Å². The van der Waals surface area contributed by atoms with E-state index in [9.17, 15) is 9.59 Å². The van der Waals surface area contributed by atoms with Crippen LogP contribution in [0.5, 0.6) is 0 Å². The number of nitrogens with zero attached hydrogens (tertiary/aromatic N) is 1. The molecule has 1 aromatic heterocycles. The molecule has 1 aliphatic rings. The Balaban J connectivity index is 1.91. The first-order valence-electron chi connectivity index (χ1n) is 7.58. The normalized spacial score (nSPS) is 16.5. The van der Waals surface area contributed by atoms with Crippen molar-refractivity contribution in [2.45, 2.75) is 32.1 Å². The largest absolute Gasteiger partial charge is 0.451 e. The molecule has 4 heteroatoms.